The van der Waals surface area contributed by atoms with Crippen LogP contribution in [0.5, 0.6) is 0 Å². The molecule has 0 aliphatic carbocycles. The smallest absolute Gasteiger partial charge is 0.228 e. The van der Waals surface area contributed by atoms with Crippen LogP contribution in [0.1, 0.15) is 12.1 Å². The fourth-order valence-electron chi connectivity index (χ4n) is 2.06. The van der Waals surface area contributed by atoms with Crippen LogP contribution < -0.4 is 10.6 Å². The molecule has 1 fully saturated rings. The Bertz CT molecular complexity index is 569. The monoisotopic (exact) mass is 324 g/mol. The number of pyridine rings is 1. The minimum Gasteiger partial charge on any atom is -0.396 e. The molecule has 1 aromatic heterocycles. The number of aromatic nitrogens is 1. The second-order valence-corrected chi connectivity index (χ2v) is 5.31. The average molecular weight is 325 g/mol. The molecule has 0 spiro atoms. The highest BCUT2D eigenvalue weighted by Gasteiger charge is 2.32. The van der Waals surface area contributed by atoms with Crippen LogP contribution in [-0.2, 0) is 4.79 Å². The molecule has 1 unspecified atom stereocenters. The van der Waals surface area contributed by atoms with Gasteiger partial charge in [0.2, 0.25) is 5.91 Å². The molecule has 1 aromatic rings. The highest BCUT2D eigenvalue weighted by Crippen LogP contribution is 2.31. The van der Waals surface area contributed by atoms with E-state index in [1.807, 2.05) is 6.92 Å². The minimum absolute atomic E-state index is 0.0218. The Hall–Kier alpha value is -1.79. The lowest BCUT2D eigenvalue weighted by Gasteiger charge is -2.18. The number of anilines is 2. The van der Waals surface area contributed by atoms with Crippen molar-refractivity contribution >= 4 is 33.3 Å². The maximum Gasteiger partial charge on any atom is 0.228 e. The molecule has 0 saturated carbocycles. The summed E-state index contributed by atoms with van der Waals surface area (Å²) in [5, 5.41) is 3.51. The number of nitrogens with zero attached hydrogens (tertiary/aromatic N) is 5. The van der Waals surface area contributed by atoms with Crippen LogP contribution in [0.3, 0.4) is 0 Å². The Balaban J connectivity index is 2.25. The molecule has 1 atom stereocenters. The van der Waals surface area contributed by atoms with Crippen molar-refractivity contribution in [3.63, 3.8) is 0 Å². The molecule has 1 saturated heterocycles. The predicted molar refractivity (Wildman–Crippen MR) is 75.6 cm³/mol. The van der Waals surface area contributed by atoms with E-state index in [-0.39, 0.29) is 11.8 Å². The lowest BCUT2D eigenvalue weighted by Crippen LogP contribution is -2.27. The van der Waals surface area contributed by atoms with Crippen LogP contribution in [0.25, 0.3) is 10.4 Å². The highest BCUT2D eigenvalue weighted by molar-refractivity contribution is 9.10. The fourth-order valence-corrected chi connectivity index (χ4v) is 2.39. The van der Waals surface area contributed by atoms with Gasteiger partial charge < -0.3 is 5.73 Å². The zero-order valence-corrected chi connectivity index (χ0v) is 12.0. The number of nitrogen functional groups attached to an aromatic ring is 1. The lowest BCUT2D eigenvalue weighted by atomic mass is 10.1. The van der Waals surface area contributed by atoms with E-state index in [2.05, 4.69) is 30.9 Å². The van der Waals surface area contributed by atoms with Crippen molar-refractivity contribution in [3.05, 3.63) is 26.7 Å². The second-order valence-electron chi connectivity index (χ2n) is 4.46. The van der Waals surface area contributed by atoms with Crippen molar-refractivity contribution in [3.8, 4) is 0 Å². The summed E-state index contributed by atoms with van der Waals surface area (Å²) >= 11 is 3.35. The van der Waals surface area contributed by atoms with Gasteiger partial charge in [-0.05, 0) is 40.4 Å². The number of rotatable bonds is 3. The molecule has 0 aromatic carbocycles. The first kappa shape index (κ1) is 13.6. The number of hydrogen-bond donors (Lipinski definition) is 1. The van der Waals surface area contributed by atoms with E-state index in [0.717, 1.165) is 10.2 Å². The molecule has 1 aliphatic rings. The van der Waals surface area contributed by atoms with Gasteiger partial charge in [-0.25, -0.2) is 4.98 Å². The third-order valence-electron chi connectivity index (χ3n) is 3.02. The molecule has 8 heteroatoms. The van der Waals surface area contributed by atoms with Gasteiger partial charge in [0.25, 0.3) is 0 Å². The number of aryl methyl sites for hydroxylation is 1. The highest BCUT2D eigenvalue weighted by atomic mass is 79.9. The predicted octanol–water partition coefficient (Wildman–Crippen LogP) is 2.40. The molecule has 1 aliphatic heterocycles. The average Bonchev–Trinajstić information content (AvgIpc) is 2.72. The number of azide groups is 1. The first-order chi connectivity index (χ1) is 9.02. The summed E-state index contributed by atoms with van der Waals surface area (Å²) in [6.07, 6.45) is 0.356. The fraction of sp³-hybridized carbons (Fsp3) is 0.455. The Morgan fingerprint density at radius 3 is 3.16 bits per heavy atom. The number of halogens is 1. The number of carbonyl (C=O) groups is 1. The first-order valence-electron chi connectivity index (χ1n) is 5.76. The van der Waals surface area contributed by atoms with Gasteiger partial charge in [-0.1, -0.05) is 5.11 Å². The van der Waals surface area contributed by atoms with E-state index in [4.69, 9.17) is 11.3 Å². The summed E-state index contributed by atoms with van der Waals surface area (Å²) in [6.45, 7) is 2.63. The summed E-state index contributed by atoms with van der Waals surface area (Å²) in [4.78, 5) is 20.6. The van der Waals surface area contributed by atoms with E-state index < -0.39 is 0 Å². The van der Waals surface area contributed by atoms with Crippen molar-refractivity contribution in [1.29, 1.82) is 0 Å². The van der Waals surface area contributed by atoms with Gasteiger partial charge in [0.15, 0.2) is 5.82 Å². The molecule has 19 heavy (non-hydrogen) atoms. The second kappa shape index (κ2) is 5.46. The number of amides is 1. The van der Waals surface area contributed by atoms with Crippen molar-refractivity contribution in [2.24, 2.45) is 11.0 Å². The Morgan fingerprint density at radius 1 is 1.74 bits per heavy atom. The maximum absolute atomic E-state index is 12.0. The van der Waals surface area contributed by atoms with E-state index in [1.165, 1.54) is 0 Å². The molecule has 7 nitrogen and oxygen atoms in total. The van der Waals surface area contributed by atoms with E-state index >= 15 is 0 Å². The summed E-state index contributed by atoms with van der Waals surface area (Å²) in [6, 6.07) is 1.74. The topological polar surface area (TPSA) is 108 Å². The van der Waals surface area contributed by atoms with Crippen molar-refractivity contribution in [2.45, 2.75) is 13.3 Å². The van der Waals surface area contributed by atoms with Gasteiger partial charge in [0, 0.05) is 28.9 Å². The summed E-state index contributed by atoms with van der Waals surface area (Å²) in [5.41, 5.74) is 15.4. The van der Waals surface area contributed by atoms with Crippen LogP contribution in [0, 0.1) is 12.8 Å². The molecule has 2 heterocycles. The van der Waals surface area contributed by atoms with Gasteiger partial charge >= 0.3 is 0 Å². The number of carbonyl (C=O) groups excluding carboxylic acids is 1. The quantitative estimate of drug-likeness (QED) is 0.523. The normalized spacial score (nSPS) is 18.5. The van der Waals surface area contributed by atoms with E-state index in [9.17, 15) is 4.79 Å². The zero-order chi connectivity index (χ0) is 14.0. The van der Waals surface area contributed by atoms with Gasteiger partial charge in [-0.15, -0.1) is 0 Å². The summed E-state index contributed by atoms with van der Waals surface area (Å²) in [7, 11) is 0. The standard InChI is InChI=1S/C11H13BrN6O/c1-6-8(12)3-9(13)11(16-6)18-5-7(2-10(18)19)4-15-17-14/h3,7H,2,4-5,13H2,1H3. The maximum atomic E-state index is 12.0. The molecular weight excluding hydrogens is 312 g/mol. The van der Waals surface area contributed by atoms with Crippen LogP contribution in [0.2, 0.25) is 0 Å². The molecule has 0 bridgehead atoms. The van der Waals surface area contributed by atoms with E-state index in [0.29, 0.717) is 31.0 Å². The van der Waals surface area contributed by atoms with Crippen LogP contribution in [-0.4, -0.2) is 24.0 Å². The Labute approximate surface area is 118 Å². The minimum atomic E-state index is -0.0425. The molecule has 100 valence electrons. The molecule has 0 radical (unpaired) electrons. The number of hydrogen-bond acceptors (Lipinski definition) is 4. The van der Waals surface area contributed by atoms with Crippen molar-refractivity contribution in [2.75, 3.05) is 23.7 Å². The van der Waals surface area contributed by atoms with Crippen LogP contribution in [0.15, 0.2) is 15.7 Å². The van der Waals surface area contributed by atoms with E-state index in [1.54, 1.807) is 11.0 Å². The summed E-state index contributed by atoms with van der Waals surface area (Å²) in [5.74, 6) is 0.460. The molecule has 2 rings (SSSR count). The Morgan fingerprint density at radius 2 is 2.47 bits per heavy atom. The third kappa shape index (κ3) is 2.80. The Kier molecular flexibility index (Phi) is 3.92. The van der Waals surface area contributed by atoms with Crippen LogP contribution in [0.4, 0.5) is 11.5 Å². The SMILES string of the molecule is Cc1nc(N2CC(CN=[N+]=[N-])CC2=O)c(N)cc1Br. The zero-order valence-electron chi connectivity index (χ0n) is 10.4. The third-order valence-corrected chi connectivity index (χ3v) is 3.83. The first-order valence-corrected chi connectivity index (χ1v) is 6.56. The van der Waals surface area contributed by atoms with Crippen molar-refractivity contribution < 1.29 is 4.79 Å². The van der Waals surface area contributed by atoms with Gasteiger partial charge in [0.05, 0.1) is 11.4 Å². The van der Waals surface area contributed by atoms with Gasteiger partial charge in [0.1, 0.15) is 0 Å². The van der Waals surface area contributed by atoms with Crippen molar-refractivity contribution in [1.82, 2.24) is 4.98 Å². The largest absolute Gasteiger partial charge is 0.396 e. The summed E-state index contributed by atoms with van der Waals surface area (Å²) < 4.78 is 0.811. The van der Waals surface area contributed by atoms with Gasteiger partial charge in [-0.3, -0.25) is 9.69 Å². The molecule has 2 N–H and O–H groups in total. The van der Waals surface area contributed by atoms with Crippen LogP contribution >= 0.6 is 15.9 Å². The number of nitrogens with two attached hydrogens (primary N) is 1. The molecular formula is C11H13BrN6O. The lowest BCUT2D eigenvalue weighted by molar-refractivity contribution is -0.117. The molecule has 1 amide bonds. The van der Waals surface area contributed by atoms with Gasteiger partial charge in [-0.2, -0.15) is 0 Å².